The van der Waals surface area contributed by atoms with Crippen LogP contribution >= 0.6 is 34.4 Å². The first kappa shape index (κ1) is 26.6. The second-order valence-corrected chi connectivity index (χ2v) is 10.3. The molecule has 12 heteroatoms. The molecular formula is C23H26N4O5S3. The van der Waals surface area contributed by atoms with Gasteiger partial charge in [-0.15, -0.1) is 39.4 Å². The summed E-state index contributed by atoms with van der Waals surface area (Å²) in [5, 5.41) is 14.1. The van der Waals surface area contributed by atoms with Crippen molar-refractivity contribution in [2.75, 3.05) is 24.3 Å². The molecule has 0 atom stereocenters. The molecule has 3 aromatic heterocycles. The molecule has 0 aliphatic rings. The molecule has 9 nitrogen and oxygen atoms in total. The maximum absolute atomic E-state index is 12.8. The first-order chi connectivity index (χ1) is 16.8. The summed E-state index contributed by atoms with van der Waals surface area (Å²) in [5.74, 6) is -0.801. The smallest absolute Gasteiger partial charge is 0.348 e. The maximum atomic E-state index is 12.8. The van der Waals surface area contributed by atoms with E-state index < -0.39 is 11.9 Å². The van der Waals surface area contributed by atoms with Crippen molar-refractivity contribution in [2.45, 2.75) is 39.4 Å². The number of anilines is 1. The van der Waals surface area contributed by atoms with Crippen molar-refractivity contribution in [3.63, 3.8) is 0 Å². The second kappa shape index (κ2) is 12.1. The Bertz CT molecular complexity index is 1240. The summed E-state index contributed by atoms with van der Waals surface area (Å²) in [5.41, 5.74) is 1.53. The number of aryl methyl sites for hydroxylation is 1. The van der Waals surface area contributed by atoms with Gasteiger partial charge in [0, 0.05) is 22.4 Å². The Hall–Kier alpha value is -2.96. The summed E-state index contributed by atoms with van der Waals surface area (Å²) in [6.45, 7) is 11.7. The fourth-order valence-electron chi connectivity index (χ4n) is 3.20. The van der Waals surface area contributed by atoms with Crippen molar-refractivity contribution < 1.29 is 23.9 Å². The molecule has 0 bridgehead atoms. The van der Waals surface area contributed by atoms with E-state index in [0.717, 1.165) is 21.8 Å². The van der Waals surface area contributed by atoms with Crippen molar-refractivity contribution >= 4 is 57.3 Å². The number of thiophene rings is 2. The minimum atomic E-state index is -0.610. The monoisotopic (exact) mass is 534 g/mol. The Morgan fingerprint density at radius 2 is 1.89 bits per heavy atom. The van der Waals surface area contributed by atoms with Crippen molar-refractivity contribution in [3.05, 3.63) is 45.0 Å². The standard InChI is InChI=1S/C23H26N4O5S3/c1-6-9-27-19(15-10-13(4)33-11-15)25-26-23(27)34-12-16(28)24-20-17(21(29)31-7-2)14(5)18(35-20)22(30)32-8-3/h6,10-11H,1,7-9,12H2,2-5H3,(H,24,28). The van der Waals surface area contributed by atoms with Gasteiger partial charge in [-0.05, 0) is 39.3 Å². The van der Waals surface area contributed by atoms with E-state index in [4.69, 9.17) is 9.47 Å². The van der Waals surface area contributed by atoms with Crippen LogP contribution in [0.5, 0.6) is 0 Å². The van der Waals surface area contributed by atoms with E-state index in [-0.39, 0.29) is 40.3 Å². The number of nitrogens with one attached hydrogen (secondary N) is 1. The Balaban J connectivity index is 1.79. The molecule has 0 aromatic carbocycles. The van der Waals surface area contributed by atoms with Crippen LogP contribution < -0.4 is 5.32 Å². The van der Waals surface area contributed by atoms with Crippen LogP contribution in [0.25, 0.3) is 11.4 Å². The van der Waals surface area contributed by atoms with Gasteiger partial charge in [-0.3, -0.25) is 9.36 Å². The van der Waals surface area contributed by atoms with Gasteiger partial charge in [-0.1, -0.05) is 17.8 Å². The molecule has 0 fully saturated rings. The molecule has 3 rings (SSSR count). The molecule has 35 heavy (non-hydrogen) atoms. The van der Waals surface area contributed by atoms with E-state index >= 15 is 0 Å². The van der Waals surface area contributed by atoms with E-state index in [2.05, 4.69) is 22.1 Å². The Morgan fingerprint density at radius 1 is 1.17 bits per heavy atom. The first-order valence-corrected chi connectivity index (χ1v) is 13.5. The highest BCUT2D eigenvalue weighted by molar-refractivity contribution is 7.99. The number of hydrogen-bond acceptors (Lipinski definition) is 10. The lowest BCUT2D eigenvalue weighted by Gasteiger charge is -2.08. The molecule has 0 aliphatic heterocycles. The van der Waals surface area contributed by atoms with Gasteiger partial charge in [0.25, 0.3) is 0 Å². The number of esters is 2. The lowest BCUT2D eigenvalue weighted by atomic mass is 10.1. The third kappa shape index (κ3) is 6.19. The molecule has 0 spiro atoms. The number of ether oxygens (including phenoxy) is 2. The molecule has 186 valence electrons. The third-order valence-corrected chi connectivity index (χ3v) is 7.71. The SMILES string of the molecule is C=CCn1c(SCC(=O)Nc2sc(C(=O)OCC)c(C)c2C(=O)OCC)nnc1-c1csc(C)c1. The number of amides is 1. The maximum Gasteiger partial charge on any atom is 0.348 e. The molecule has 0 radical (unpaired) electrons. The van der Waals surface area contributed by atoms with E-state index in [1.54, 1.807) is 38.2 Å². The van der Waals surface area contributed by atoms with Crippen LogP contribution in [-0.2, 0) is 20.8 Å². The van der Waals surface area contributed by atoms with Crippen LogP contribution in [0.2, 0.25) is 0 Å². The molecule has 0 unspecified atom stereocenters. The lowest BCUT2D eigenvalue weighted by molar-refractivity contribution is -0.113. The normalized spacial score (nSPS) is 10.7. The summed E-state index contributed by atoms with van der Waals surface area (Å²) in [6.07, 6.45) is 1.74. The zero-order valence-corrected chi connectivity index (χ0v) is 22.3. The van der Waals surface area contributed by atoms with Gasteiger partial charge in [0.15, 0.2) is 11.0 Å². The van der Waals surface area contributed by atoms with E-state index in [0.29, 0.717) is 23.1 Å². The Kier molecular flexibility index (Phi) is 9.24. The highest BCUT2D eigenvalue weighted by atomic mass is 32.2. The fourth-order valence-corrected chi connectivity index (χ4v) is 5.73. The number of allylic oxidation sites excluding steroid dienone is 1. The minimum Gasteiger partial charge on any atom is -0.462 e. The largest absolute Gasteiger partial charge is 0.462 e. The molecule has 1 N–H and O–H groups in total. The fraction of sp³-hybridized carbons (Fsp3) is 0.348. The molecule has 0 aliphatic carbocycles. The van der Waals surface area contributed by atoms with Crippen LogP contribution in [0.4, 0.5) is 5.00 Å². The number of aromatic nitrogens is 3. The van der Waals surface area contributed by atoms with Crippen molar-refractivity contribution in [2.24, 2.45) is 0 Å². The number of rotatable bonds is 11. The average Bonchev–Trinajstić information content (AvgIpc) is 3.50. The van der Waals surface area contributed by atoms with E-state index in [1.807, 2.05) is 22.9 Å². The van der Waals surface area contributed by atoms with Gasteiger partial charge < -0.3 is 14.8 Å². The van der Waals surface area contributed by atoms with Crippen LogP contribution in [0.15, 0.2) is 29.3 Å². The molecule has 3 aromatic rings. The molecule has 0 saturated heterocycles. The van der Waals surface area contributed by atoms with Gasteiger partial charge in [0.2, 0.25) is 5.91 Å². The predicted octanol–water partition coefficient (Wildman–Crippen LogP) is 4.96. The summed E-state index contributed by atoms with van der Waals surface area (Å²) in [6, 6.07) is 2.03. The van der Waals surface area contributed by atoms with Gasteiger partial charge in [-0.2, -0.15) is 0 Å². The molecule has 0 saturated carbocycles. The van der Waals surface area contributed by atoms with Crippen LogP contribution in [0, 0.1) is 13.8 Å². The van der Waals surface area contributed by atoms with Gasteiger partial charge in [0.05, 0.1) is 24.5 Å². The molecular weight excluding hydrogens is 508 g/mol. The van der Waals surface area contributed by atoms with Gasteiger partial charge in [0.1, 0.15) is 9.88 Å². The van der Waals surface area contributed by atoms with Crippen molar-refractivity contribution in [3.8, 4) is 11.4 Å². The predicted molar refractivity (Wildman–Crippen MR) is 139 cm³/mol. The summed E-state index contributed by atoms with van der Waals surface area (Å²) in [7, 11) is 0. The molecule has 3 heterocycles. The highest BCUT2D eigenvalue weighted by Crippen LogP contribution is 2.35. The number of thioether (sulfide) groups is 1. The Morgan fingerprint density at radius 3 is 2.51 bits per heavy atom. The first-order valence-electron chi connectivity index (χ1n) is 10.8. The molecule has 1 amide bonds. The van der Waals surface area contributed by atoms with Crippen LogP contribution in [-0.4, -0.2) is 51.6 Å². The van der Waals surface area contributed by atoms with E-state index in [9.17, 15) is 14.4 Å². The third-order valence-electron chi connectivity index (χ3n) is 4.69. The van der Waals surface area contributed by atoms with Crippen molar-refractivity contribution in [1.82, 2.24) is 14.8 Å². The zero-order valence-electron chi connectivity index (χ0n) is 19.9. The van der Waals surface area contributed by atoms with Crippen LogP contribution in [0.3, 0.4) is 0 Å². The lowest BCUT2D eigenvalue weighted by Crippen LogP contribution is -2.17. The second-order valence-electron chi connectivity index (χ2n) is 7.19. The quantitative estimate of drug-likeness (QED) is 0.209. The number of carbonyl (C=O) groups excluding carboxylic acids is 3. The topological polar surface area (TPSA) is 112 Å². The number of hydrogen-bond donors (Lipinski definition) is 1. The number of nitrogens with zero attached hydrogens (tertiary/aromatic N) is 3. The van der Waals surface area contributed by atoms with Crippen molar-refractivity contribution in [1.29, 1.82) is 0 Å². The van der Waals surface area contributed by atoms with E-state index in [1.165, 1.54) is 11.8 Å². The summed E-state index contributed by atoms with van der Waals surface area (Å²) >= 11 is 3.83. The van der Waals surface area contributed by atoms with Crippen LogP contribution in [0.1, 0.15) is 44.3 Å². The average molecular weight is 535 g/mol. The summed E-state index contributed by atoms with van der Waals surface area (Å²) < 4.78 is 12.1. The zero-order chi connectivity index (χ0) is 25.5. The minimum absolute atomic E-state index is 0.0197. The van der Waals surface area contributed by atoms with Gasteiger partial charge >= 0.3 is 11.9 Å². The highest BCUT2D eigenvalue weighted by Gasteiger charge is 2.27. The van der Waals surface area contributed by atoms with Gasteiger partial charge in [-0.25, -0.2) is 9.59 Å². The number of carbonyl (C=O) groups is 3. The summed E-state index contributed by atoms with van der Waals surface area (Å²) in [4.78, 5) is 39.1. The Labute approximate surface area is 215 Å².